The Kier molecular flexibility index (Phi) is 2.64. The number of hydrogen-bond donors (Lipinski definition) is 2. The van der Waals surface area contributed by atoms with Crippen LogP contribution in [0.2, 0.25) is 0 Å². The summed E-state index contributed by atoms with van der Waals surface area (Å²) in [5.74, 6) is -0.113. The van der Waals surface area contributed by atoms with E-state index >= 15 is 0 Å². The summed E-state index contributed by atoms with van der Waals surface area (Å²) in [5, 5.41) is 9.12. The summed E-state index contributed by atoms with van der Waals surface area (Å²) in [6, 6.07) is 7.11. The molecule has 0 amide bonds. The van der Waals surface area contributed by atoms with Gasteiger partial charge in [-0.05, 0) is 31.2 Å². The highest BCUT2D eigenvalue weighted by Gasteiger charge is 2.07. The molecule has 0 saturated heterocycles. The van der Waals surface area contributed by atoms with Crippen LogP contribution in [-0.4, -0.2) is 20.1 Å². The molecular weight excluding hydrogens is 246 g/mol. The van der Waals surface area contributed by atoms with Crippen molar-refractivity contribution in [3.63, 3.8) is 0 Å². The first-order chi connectivity index (χ1) is 9.15. The van der Waals surface area contributed by atoms with Crippen LogP contribution in [0, 0.1) is 6.92 Å². The van der Waals surface area contributed by atoms with Gasteiger partial charge in [0.1, 0.15) is 6.61 Å². The molecule has 0 unspecified atom stereocenters. The van der Waals surface area contributed by atoms with E-state index in [0.29, 0.717) is 22.6 Å². The van der Waals surface area contributed by atoms with Crippen LogP contribution in [-0.2, 0) is 6.61 Å². The Hall–Kier alpha value is -2.47. The maximum Gasteiger partial charge on any atom is 0.417 e. The molecule has 19 heavy (non-hydrogen) atoms. The van der Waals surface area contributed by atoms with Crippen molar-refractivity contribution in [1.29, 1.82) is 0 Å². The number of aliphatic hydroxyl groups is 1. The molecule has 2 aromatic heterocycles. The molecule has 3 rings (SSSR count). The SMILES string of the molecule is Cc1cc(-c2ccc3oc(=O)[nH]c3c2)nc(CO)n1. The smallest absolute Gasteiger partial charge is 0.408 e. The molecule has 6 nitrogen and oxygen atoms in total. The number of aromatic nitrogens is 3. The lowest BCUT2D eigenvalue weighted by molar-refractivity contribution is 0.271. The number of H-pyrrole nitrogens is 1. The van der Waals surface area contributed by atoms with E-state index in [1.165, 1.54) is 0 Å². The standard InChI is InChI=1S/C13H11N3O3/c1-7-4-9(15-12(6-17)14-7)8-2-3-11-10(5-8)16-13(18)19-11/h2-5,17H,6H2,1H3,(H,16,18). The number of rotatable bonds is 2. The van der Waals surface area contributed by atoms with Gasteiger partial charge in [0.25, 0.3) is 0 Å². The third kappa shape index (κ3) is 2.13. The van der Waals surface area contributed by atoms with Crippen LogP contribution in [0.1, 0.15) is 11.5 Å². The molecule has 2 heterocycles. The van der Waals surface area contributed by atoms with Crippen LogP contribution in [0.4, 0.5) is 0 Å². The second-order valence-corrected chi connectivity index (χ2v) is 4.19. The summed E-state index contributed by atoms with van der Waals surface area (Å²) in [4.78, 5) is 22.1. The van der Waals surface area contributed by atoms with Crippen molar-refractivity contribution in [3.05, 3.63) is 46.3 Å². The lowest BCUT2D eigenvalue weighted by atomic mass is 10.1. The number of oxazole rings is 1. The highest BCUT2D eigenvalue weighted by Crippen LogP contribution is 2.22. The molecule has 3 aromatic rings. The zero-order valence-electron chi connectivity index (χ0n) is 10.2. The van der Waals surface area contributed by atoms with Gasteiger partial charge in [-0.3, -0.25) is 4.98 Å². The molecule has 0 spiro atoms. The Labute approximate surface area is 107 Å². The highest BCUT2D eigenvalue weighted by molar-refractivity contribution is 5.79. The minimum absolute atomic E-state index is 0.209. The van der Waals surface area contributed by atoms with Crippen molar-refractivity contribution in [2.75, 3.05) is 0 Å². The average molecular weight is 257 g/mol. The number of hydrogen-bond acceptors (Lipinski definition) is 5. The minimum Gasteiger partial charge on any atom is -0.408 e. The summed E-state index contributed by atoms with van der Waals surface area (Å²) >= 11 is 0. The minimum atomic E-state index is -0.484. The molecule has 0 saturated carbocycles. The molecule has 0 fully saturated rings. The van der Waals surface area contributed by atoms with Gasteiger partial charge in [-0.2, -0.15) is 0 Å². The Balaban J connectivity index is 2.17. The second kappa shape index (κ2) is 4.33. The van der Waals surface area contributed by atoms with Crippen LogP contribution in [0.25, 0.3) is 22.4 Å². The number of aromatic amines is 1. The molecular formula is C13H11N3O3. The van der Waals surface area contributed by atoms with E-state index in [1.54, 1.807) is 12.1 Å². The van der Waals surface area contributed by atoms with Crippen molar-refractivity contribution < 1.29 is 9.52 Å². The highest BCUT2D eigenvalue weighted by atomic mass is 16.4. The van der Waals surface area contributed by atoms with Crippen molar-refractivity contribution >= 4 is 11.1 Å². The first kappa shape index (κ1) is 11.6. The normalized spacial score (nSPS) is 11.1. The van der Waals surface area contributed by atoms with Crippen LogP contribution in [0.15, 0.2) is 33.5 Å². The molecule has 96 valence electrons. The van der Waals surface area contributed by atoms with Crippen molar-refractivity contribution in [2.24, 2.45) is 0 Å². The lowest BCUT2D eigenvalue weighted by Crippen LogP contribution is -1.98. The molecule has 0 aliphatic heterocycles. The summed E-state index contributed by atoms with van der Waals surface area (Å²) in [6.45, 7) is 1.63. The van der Waals surface area contributed by atoms with Crippen LogP contribution in [0.5, 0.6) is 0 Å². The number of nitrogens with one attached hydrogen (secondary N) is 1. The molecule has 0 radical (unpaired) electrons. The third-order valence-corrected chi connectivity index (χ3v) is 2.76. The first-order valence-electron chi connectivity index (χ1n) is 5.74. The van der Waals surface area contributed by atoms with E-state index in [2.05, 4.69) is 15.0 Å². The third-order valence-electron chi connectivity index (χ3n) is 2.76. The van der Waals surface area contributed by atoms with E-state index < -0.39 is 5.76 Å². The fourth-order valence-electron chi connectivity index (χ4n) is 1.96. The van der Waals surface area contributed by atoms with E-state index in [1.807, 2.05) is 19.1 Å². The molecule has 1 aromatic carbocycles. The topological polar surface area (TPSA) is 92.0 Å². The molecule has 0 bridgehead atoms. The van der Waals surface area contributed by atoms with Gasteiger partial charge in [0.2, 0.25) is 0 Å². The van der Waals surface area contributed by atoms with Gasteiger partial charge in [-0.25, -0.2) is 14.8 Å². The zero-order chi connectivity index (χ0) is 13.4. The van der Waals surface area contributed by atoms with E-state index in [4.69, 9.17) is 9.52 Å². The van der Waals surface area contributed by atoms with Gasteiger partial charge in [0.05, 0.1) is 11.2 Å². The quantitative estimate of drug-likeness (QED) is 0.723. The summed E-state index contributed by atoms with van der Waals surface area (Å²) in [6.07, 6.45) is 0. The maximum atomic E-state index is 11.1. The van der Waals surface area contributed by atoms with Gasteiger partial charge in [0.15, 0.2) is 11.4 Å². The molecule has 6 heteroatoms. The van der Waals surface area contributed by atoms with Gasteiger partial charge in [-0.1, -0.05) is 0 Å². The molecule has 0 aliphatic carbocycles. The Morgan fingerprint density at radius 3 is 2.95 bits per heavy atom. The maximum absolute atomic E-state index is 11.1. The fraction of sp³-hybridized carbons (Fsp3) is 0.154. The number of benzene rings is 1. The number of nitrogens with zero attached hydrogens (tertiary/aromatic N) is 2. The van der Waals surface area contributed by atoms with E-state index in [9.17, 15) is 4.79 Å². The second-order valence-electron chi connectivity index (χ2n) is 4.19. The monoisotopic (exact) mass is 257 g/mol. The van der Waals surface area contributed by atoms with Crippen molar-refractivity contribution in [2.45, 2.75) is 13.5 Å². The molecule has 2 N–H and O–H groups in total. The van der Waals surface area contributed by atoms with Crippen molar-refractivity contribution in [3.8, 4) is 11.3 Å². The lowest BCUT2D eigenvalue weighted by Gasteiger charge is -2.04. The summed E-state index contributed by atoms with van der Waals surface area (Å²) in [5.41, 5.74) is 3.41. The van der Waals surface area contributed by atoms with Gasteiger partial charge < -0.3 is 9.52 Å². The molecule has 0 atom stereocenters. The summed E-state index contributed by atoms with van der Waals surface area (Å²) in [7, 11) is 0. The largest absolute Gasteiger partial charge is 0.417 e. The predicted octanol–water partition coefficient (Wildman–Crippen LogP) is 1.38. The van der Waals surface area contributed by atoms with Gasteiger partial charge in [0, 0.05) is 11.3 Å². The zero-order valence-corrected chi connectivity index (χ0v) is 10.2. The predicted molar refractivity (Wildman–Crippen MR) is 68.5 cm³/mol. The van der Waals surface area contributed by atoms with E-state index in [-0.39, 0.29) is 6.61 Å². The Bertz CT molecular complexity index is 804. The van der Waals surface area contributed by atoms with E-state index in [0.717, 1.165) is 11.3 Å². The van der Waals surface area contributed by atoms with Crippen molar-refractivity contribution in [1.82, 2.24) is 15.0 Å². The number of aryl methyl sites for hydroxylation is 1. The van der Waals surface area contributed by atoms with Gasteiger partial charge >= 0.3 is 5.76 Å². The molecule has 0 aliphatic rings. The Morgan fingerprint density at radius 2 is 2.16 bits per heavy atom. The number of aliphatic hydroxyl groups excluding tert-OH is 1. The van der Waals surface area contributed by atoms with Crippen LogP contribution in [0.3, 0.4) is 0 Å². The summed E-state index contributed by atoms with van der Waals surface area (Å²) < 4.78 is 4.94. The number of fused-ring (bicyclic) bond motifs is 1. The Morgan fingerprint density at radius 1 is 1.32 bits per heavy atom. The van der Waals surface area contributed by atoms with Crippen LogP contribution < -0.4 is 5.76 Å². The fourth-order valence-corrected chi connectivity index (χ4v) is 1.96. The van der Waals surface area contributed by atoms with Gasteiger partial charge in [-0.15, -0.1) is 0 Å². The first-order valence-corrected chi connectivity index (χ1v) is 5.74. The van der Waals surface area contributed by atoms with Crippen LogP contribution >= 0.6 is 0 Å². The average Bonchev–Trinajstić information content (AvgIpc) is 2.76.